The summed E-state index contributed by atoms with van der Waals surface area (Å²) in [6, 6.07) is 0. The van der Waals surface area contributed by atoms with E-state index in [9.17, 15) is 19.2 Å². The number of carbonyl (C=O) groups is 4. The van der Waals surface area contributed by atoms with Gasteiger partial charge < -0.3 is 28.4 Å². The van der Waals surface area contributed by atoms with Gasteiger partial charge in [-0.25, -0.2) is 0 Å². The lowest BCUT2D eigenvalue weighted by atomic mass is 10.1. The van der Waals surface area contributed by atoms with Crippen molar-refractivity contribution in [2.45, 2.75) is 117 Å². The molecule has 10 nitrogen and oxygen atoms in total. The zero-order valence-electron chi connectivity index (χ0n) is 21.0. The monoisotopic (exact) mass is 488 g/mol. The maximum Gasteiger partial charge on any atom is 0.303 e. The Morgan fingerprint density at radius 2 is 1.29 bits per heavy atom. The van der Waals surface area contributed by atoms with Crippen molar-refractivity contribution in [2.24, 2.45) is 0 Å². The second-order valence-electron chi connectivity index (χ2n) is 8.41. The standard InChI is InChI=1S/C24H40O10/c1-6-7-8-9-10-11-12-13-14-29-24-23(33-19(5)28)22(32-18(4)27)21(34-24)20(31-17(3)26)15-30-16(2)25/h20-24H,6-15H2,1-5H3/t20-,21+,22+,23-,24+/m1/s1. The first-order valence-electron chi connectivity index (χ1n) is 12.1. The molecule has 1 heterocycles. The van der Waals surface area contributed by atoms with Crippen LogP contribution in [-0.2, 0) is 47.6 Å². The van der Waals surface area contributed by atoms with Gasteiger partial charge in [0.05, 0.1) is 0 Å². The third kappa shape index (κ3) is 11.8. The molecule has 5 atom stereocenters. The van der Waals surface area contributed by atoms with Gasteiger partial charge in [-0.15, -0.1) is 0 Å². The minimum Gasteiger partial charge on any atom is -0.462 e. The Hall–Kier alpha value is -2.20. The molecule has 0 unspecified atom stereocenters. The lowest BCUT2D eigenvalue weighted by molar-refractivity contribution is -0.199. The molecule has 1 aliphatic rings. The minimum atomic E-state index is -1.12. The molecule has 0 aromatic heterocycles. The van der Waals surface area contributed by atoms with Crippen molar-refractivity contribution in [3.8, 4) is 0 Å². The Labute approximate surface area is 201 Å². The zero-order valence-corrected chi connectivity index (χ0v) is 21.0. The van der Waals surface area contributed by atoms with Gasteiger partial charge in [0.2, 0.25) is 0 Å². The van der Waals surface area contributed by atoms with Gasteiger partial charge in [-0.2, -0.15) is 0 Å². The molecule has 0 aromatic carbocycles. The van der Waals surface area contributed by atoms with E-state index < -0.39 is 54.6 Å². The molecule has 10 heteroatoms. The Morgan fingerprint density at radius 3 is 1.82 bits per heavy atom. The highest BCUT2D eigenvalue weighted by molar-refractivity contribution is 5.68. The molecule has 0 N–H and O–H groups in total. The molecule has 0 bridgehead atoms. The summed E-state index contributed by atoms with van der Waals surface area (Å²) < 4.78 is 32.8. The average molecular weight is 489 g/mol. The molecule has 34 heavy (non-hydrogen) atoms. The number of hydrogen-bond donors (Lipinski definition) is 0. The summed E-state index contributed by atoms with van der Waals surface area (Å²) >= 11 is 0. The van der Waals surface area contributed by atoms with Crippen molar-refractivity contribution in [1.29, 1.82) is 0 Å². The van der Waals surface area contributed by atoms with Crippen molar-refractivity contribution in [3.63, 3.8) is 0 Å². The first-order valence-corrected chi connectivity index (χ1v) is 12.1. The van der Waals surface area contributed by atoms with E-state index in [1.165, 1.54) is 59.8 Å². The van der Waals surface area contributed by atoms with E-state index in [2.05, 4.69) is 6.92 Å². The molecule has 0 amide bonds. The zero-order chi connectivity index (χ0) is 25.5. The highest BCUT2D eigenvalue weighted by atomic mass is 16.7. The van der Waals surface area contributed by atoms with Crippen LogP contribution in [0, 0.1) is 0 Å². The van der Waals surface area contributed by atoms with E-state index in [-0.39, 0.29) is 6.61 Å². The van der Waals surface area contributed by atoms with Gasteiger partial charge in [0.15, 0.2) is 24.6 Å². The predicted octanol–water partition coefficient (Wildman–Crippen LogP) is 3.23. The van der Waals surface area contributed by atoms with Crippen LogP contribution in [0.5, 0.6) is 0 Å². The van der Waals surface area contributed by atoms with Crippen molar-refractivity contribution < 1.29 is 47.6 Å². The van der Waals surface area contributed by atoms with E-state index >= 15 is 0 Å². The summed E-state index contributed by atoms with van der Waals surface area (Å²) in [5.74, 6) is -2.49. The van der Waals surface area contributed by atoms with Gasteiger partial charge in [-0.3, -0.25) is 19.2 Å². The second-order valence-corrected chi connectivity index (χ2v) is 8.41. The van der Waals surface area contributed by atoms with E-state index in [4.69, 9.17) is 28.4 Å². The summed E-state index contributed by atoms with van der Waals surface area (Å²) in [4.78, 5) is 46.4. The molecular weight excluding hydrogens is 448 g/mol. The number of unbranched alkanes of at least 4 members (excludes halogenated alkanes) is 7. The molecule has 1 fully saturated rings. The Morgan fingerprint density at radius 1 is 0.735 bits per heavy atom. The maximum atomic E-state index is 11.8. The molecule has 1 rings (SSSR count). The first-order chi connectivity index (χ1) is 16.1. The van der Waals surface area contributed by atoms with Crippen LogP contribution in [-0.4, -0.2) is 67.8 Å². The first kappa shape index (κ1) is 29.8. The molecular formula is C24H40O10. The van der Waals surface area contributed by atoms with Gasteiger partial charge >= 0.3 is 23.9 Å². The molecule has 0 aromatic rings. The molecule has 0 aliphatic carbocycles. The lowest BCUT2D eigenvalue weighted by Crippen LogP contribution is -2.46. The fourth-order valence-electron chi connectivity index (χ4n) is 3.77. The third-order valence-corrected chi connectivity index (χ3v) is 5.23. The Balaban J connectivity index is 2.83. The smallest absolute Gasteiger partial charge is 0.303 e. The van der Waals surface area contributed by atoms with Gasteiger partial charge in [-0.05, 0) is 6.42 Å². The summed E-state index contributed by atoms with van der Waals surface area (Å²) in [5, 5.41) is 0. The average Bonchev–Trinajstić information content (AvgIpc) is 3.05. The largest absolute Gasteiger partial charge is 0.462 e. The normalized spacial score (nSPS) is 22.6. The van der Waals surface area contributed by atoms with Crippen molar-refractivity contribution in [1.82, 2.24) is 0 Å². The summed E-state index contributed by atoms with van der Waals surface area (Å²) in [7, 11) is 0. The van der Waals surface area contributed by atoms with Crippen LogP contribution in [0.1, 0.15) is 86.0 Å². The molecule has 1 aliphatic heterocycles. The molecule has 196 valence electrons. The van der Waals surface area contributed by atoms with E-state index in [0.29, 0.717) is 6.61 Å². The van der Waals surface area contributed by atoms with Crippen LogP contribution >= 0.6 is 0 Å². The van der Waals surface area contributed by atoms with Crippen LogP contribution in [0.2, 0.25) is 0 Å². The van der Waals surface area contributed by atoms with Crippen molar-refractivity contribution >= 4 is 23.9 Å². The van der Waals surface area contributed by atoms with Crippen LogP contribution in [0.4, 0.5) is 0 Å². The van der Waals surface area contributed by atoms with Crippen molar-refractivity contribution in [3.05, 3.63) is 0 Å². The predicted molar refractivity (Wildman–Crippen MR) is 121 cm³/mol. The van der Waals surface area contributed by atoms with Crippen molar-refractivity contribution in [2.75, 3.05) is 13.2 Å². The van der Waals surface area contributed by atoms with Gasteiger partial charge in [0, 0.05) is 34.3 Å². The molecule has 0 spiro atoms. The minimum absolute atomic E-state index is 0.325. The molecule has 0 saturated carbocycles. The highest BCUT2D eigenvalue weighted by Gasteiger charge is 2.54. The Kier molecular flexibility index (Phi) is 14.4. The Bertz CT molecular complexity index is 650. The number of ether oxygens (including phenoxy) is 6. The van der Waals surface area contributed by atoms with Crippen LogP contribution in [0.25, 0.3) is 0 Å². The highest BCUT2D eigenvalue weighted by Crippen LogP contribution is 2.31. The lowest BCUT2D eigenvalue weighted by Gasteiger charge is -2.27. The number of esters is 4. The van der Waals surface area contributed by atoms with E-state index in [1.54, 1.807) is 0 Å². The van der Waals surface area contributed by atoms with Crippen LogP contribution in [0.3, 0.4) is 0 Å². The maximum absolute atomic E-state index is 11.8. The van der Waals surface area contributed by atoms with Crippen LogP contribution in [0.15, 0.2) is 0 Å². The molecule has 1 saturated heterocycles. The van der Waals surface area contributed by atoms with Gasteiger partial charge in [0.25, 0.3) is 0 Å². The number of rotatable bonds is 16. The second kappa shape index (κ2) is 16.4. The van der Waals surface area contributed by atoms with Crippen LogP contribution < -0.4 is 0 Å². The van der Waals surface area contributed by atoms with Gasteiger partial charge in [0.1, 0.15) is 12.7 Å². The summed E-state index contributed by atoms with van der Waals surface area (Å²) in [6.07, 6.45) is 3.58. The molecule has 0 radical (unpaired) electrons. The number of carbonyl (C=O) groups excluding carboxylic acids is 4. The van der Waals surface area contributed by atoms with E-state index in [1.807, 2.05) is 0 Å². The SMILES string of the molecule is CCCCCCCCCCO[C@H]1O[C@@H]([C@@H](COC(C)=O)OC(C)=O)[C@H](OC(C)=O)[C@H]1OC(C)=O. The van der Waals surface area contributed by atoms with Gasteiger partial charge in [-0.1, -0.05) is 51.9 Å². The third-order valence-electron chi connectivity index (χ3n) is 5.23. The fraction of sp³-hybridized carbons (Fsp3) is 0.833. The van der Waals surface area contributed by atoms with E-state index in [0.717, 1.165) is 19.3 Å². The topological polar surface area (TPSA) is 124 Å². The number of hydrogen-bond acceptors (Lipinski definition) is 10. The quantitative estimate of drug-likeness (QED) is 0.182. The fourth-order valence-corrected chi connectivity index (χ4v) is 3.77. The summed E-state index contributed by atoms with van der Waals surface area (Å²) in [5.41, 5.74) is 0. The summed E-state index contributed by atoms with van der Waals surface area (Å²) in [6.45, 7) is 7.03.